The summed E-state index contributed by atoms with van der Waals surface area (Å²) in [4.78, 5) is 14.3. The summed E-state index contributed by atoms with van der Waals surface area (Å²) in [6, 6.07) is 21.8. The fourth-order valence-electron chi connectivity index (χ4n) is 2.99. The van der Waals surface area contributed by atoms with Crippen molar-refractivity contribution >= 4 is 23.7 Å². The van der Waals surface area contributed by atoms with Crippen LogP contribution in [0.25, 0.3) is 0 Å². The number of para-hydroxylation sites is 3. The molecule has 0 aliphatic carbocycles. The topological polar surface area (TPSA) is 48.0 Å². The van der Waals surface area contributed by atoms with Crippen LogP contribution in [-0.4, -0.2) is 25.9 Å². The molecule has 0 fully saturated rings. The van der Waals surface area contributed by atoms with E-state index in [4.69, 9.17) is 14.2 Å². The number of benzene rings is 3. The van der Waals surface area contributed by atoms with E-state index in [0.717, 1.165) is 5.56 Å². The Morgan fingerprint density at radius 2 is 1.63 bits per heavy atom. The molecule has 7 heteroatoms. The molecule has 0 spiro atoms. The van der Waals surface area contributed by atoms with Crippen molar-refractivity contribution in [3.05, 3.63) is 78.4 Å². The molecule has 0 heterocycles. The number of anilines is 1. The first-order valence-corrected chi connectivity index (χ1v) is 10.1. The van der Waals surface area contributed by atoms with Gasteiger partial charge in [-0.3, -0.25) is 4.79 Å². The maximum absolute atomic E-state index is 13.0. The SMILES string of the molecule is COc1ccc(OC)c(CN(C(=O)CSF)c2ccccc2Oc2ccccc2)c1. The molecule has 5 nitrogen and oxygen atoms in total. The molecule has 3 aromatic rings. The molecule has 0 saturated carbocycles. The first kappa shape index (κ1) is 21.5. The minimum absolute atomic E-state index is 0.0172. The van der Waals surface area contributed by atoms with E-state index in [1.165, 1.54) is 4.90 Å². The highest BCUT2D eigenvalue weighted by atomic mass is 32.2. The summed E-state index contributed by atoms with van der Waals surface area (Å²) in [7, 11) is 3.12. The van der Waals surface area contributed by atoms with Crippen molar-refractivity contribution < 1.29 is 22.9 Å². The van der Waals surface area contributed by atoms with E-state index >= 15 is 0 Å². The molecule has 3 rings (SSSR count). The molecule has 0 atom stereocenters. The van der Waals surface area contributed by atoms with E-state index in [1.807, 2.05) is 36.4 Å². The van der Waals surface area contributed by atoms with Gasteiger partial charge < -0.3 is 19.1 Å². The van der Waals surface area contributed by atoms with Crippen LogP contribution in [0, 0.1) is 0 Å². The Morgan fingerprint density at radius 1 is 0.900 bits per heavy atom. The summed E-state index contributed by atoms with van der Waals surface area (Å²) in [5, 5.41) is 0. The lowest BCUT2D eigenvalue weighted by Crippen LogP contribution is -2.32. The number of amides is 1. The second kappa shape index (κ2) is 10.5. The van der Waals surface area contributed by atoms with Crippen molar-refractivity contribution in [2.45, 2.75) is 6.54 Å². The Morgan fingerprint density at radius 3 is 2.33 bits per heavy atom. The summed E-state index contributed by atoms with van der Waals surface area (Å²) in [6.07, 6.45) is 0. The first-order chi connectivity index (χ1) is 14.7. The predicted octanol–water partition coefficient (Wildman–Crippen LogP) is 5.65. The lowest BCUT2D eigenvalue weighted by molar-refractivity contribution is -0.116. The maximum atomic E-state index is 13.0. The van der Waals surface area contributed by atoms with Crippen LogP contribution in [0.2, 0.25) is 0 Å². The van der Waals surface area contributed by atoms with E-state index in [1.54, 1.807) is 50.6 Å². The summed E-state index contributed by atoms with van der Waals surface area (Å²) < 4.78 is 29.7. The summed E-state index contributed by atoms with van der Waals surface area (Å²) in [5.74, 6) is 1.65. The molecule has 0 aliphatic heterocycles. The number of carbonyl (C=O) groups is 1. The molecule has 0 aliphatic rings. The lowest BCUT2D eigenvalue weighted by Gasteiger charge is -2.25. The average molecular weight is 427 g/mol. The molecular weight excluding hydrogens is 405 g/mol. The zero-order valence-corrected chi connectivity index (χ0v) is 17.5. The summed E-state index contributed by atoms with van der Waals surface area (Å²) in [5.41, 5.74) is 1.26. The number of hydrogen-bond donors (Lipinski definition) is 0. The number of methoxy groups -OCH3 is 2. The van der Waals surface area contributed by atoms with Gasteiger partial charge in [0.15, 0.2) is 5.75 Å². The number of hydrogen-bond acceptors (Lipinski definition) is 5. The highest BCUT2D eigenvalue weighted by Crippen LogP contribution is 2.35. The second-order valence-electron chi connectivity index (χ2n) is 6.29. The molecule has 0 bridgehead atoms. The molecule has 30 heavy (non-hydrogen) atoms. The third-order valence-electron chi connectivity index (χ3n) is 4.42. The van der Waals surface area contributed by atoms with Gasteiger partial charge in [0, 0.05) is 5.56 Å². The van der Waals surface area contributed by atoms with Gasteiger partial charge in [0.2, 0.25) is 5.91 Å². The molecule has 1 amide bonds. The normalized spacial score (nSPS) is 10.4. The van der Waals surface area contributed by atoms with Crippen molar-refractivity contribution in [2.24, 2.45) is 0 Å². The molecule has 0 N–H and O–H groups in total. The van der Waals surface area contributed by atoms with Crippen LogP contribution in [0.15, 0.2) is 72.8 Å². The molecule has 156 valence electrons. The number of carbonyl (C=O) groups excluding carboxylic acids is 1. The van der Waals surface area contributed by atoms with E-state index in [0.29, 0.717) is 28.7 Å². The fraction of sp³-hybridized carbons (Fsp3) is 0.174. The van der Waals surface area contributed by atoms with E-state index in [9.17, 15) is 8.68 Å². The van der Waals surface area contributed by atoms with E-state index < -0.39 is 5.91 Å². The highest BCUT2D eigenvalue weighted by Gasteiger charge is 2.22. The van der Waals surface area contributed by atoms with Crippen LogP contribution in [0.1, 0.15) is 5.56 Å². The average Bonchev–Trinajstić information content (AvgIpc) is 2.78. The van der Waals surface area contributed by atoms with E-state index in [-0.39, 0.29) is 24.4 Å². The Balaban J connectivity index is 2.01. The Labute approximate surface area is 179 Å². The molecular formula is C23H22FNO4S. The lowest BCUT2D eigenvalue weighted by atomic mass is 10.1. The largest absolute Gasteiger partial charge is 0.497 e. The standard InChI is InChI=1S/C23H22FNO4S/c1-27-19-12-13-21(28-2)17(14-19)15-25(23(26)16-30-24)20-10-6-7-11-22(20)29-18-8-4-3-5-9-18/h3-14H,15-16H2,1-2H3. The third-order valence-corrected chi connectivity index (χ3v) is 4.78. The highest BCUT2D eigenvalue weighted by molar-refractivity contribution is 7.95. The van der Waals surface area contributed by atoms with Crippen LogP contribution >= 0.6 is 12.1 Å². The maximum Gasteiger partial charge on any atom is 0.240 e. The van der Waals surface area contributed by atoms with Gasteiger partial charge in [0.05, 0.1) is 38.6 Å². The van der Waals surface area contributed by atoms with Crippen LogP contribution < -0.4 is 19.1 Å². The monoisotopic (exact) mass is 427 g/mol. The second-order valence-corrected chi connectivity index (χ2v) is 6.80. The molecule has 0 aromatic heterocycles. The predicted molar refractivity (Wildman–Crippen MR) is 117 cm³/mol. The van der Waals surface area contributed by atoms with Gasteiger partial charge in [0.1, 0.15) is 23.0 Å². The van der Waals surface area contributed by atoms with Gasteiger partial charge in [-0.1, -0.05) is 30.3 Å². The van der Waals surface area contributed by atoms with E-state index in [2.05, 4.69) is 0 Å². The Kier molecular flexibility index (Phi) is 7.57. The van der Waals surface area contributed by atoms with Gasteiger partial charge >= 0.3 is 0 Å². The van der Waals surface area contributed by atoms with Crippen LogP contribution in [0.3, 0.4) is 0 Å². The third kappa shape index (κ3) is 5.24. The van der Waals surface area contributed by atoms with Gasteiger partial charge in [-0.15, -0.1) is 0 Å². The van der Waals surface area contributed by atoms with Crippen molar-refractivity contribution in [3.8, 4) is 23.0 Å². The minimum atomic E-state index is -0.392. The van der Waals surface area contributed by atoms with Crippen molar-refractivity contribution in [2.75, 3.05) is 24.9 Å². The number of halogens is 1. The minimum Gasteiger partial charge on any atom is -0.497 e. The van der Waals surface area contributed by atoms with Crippen molar-refractivity contribution in [1.82, 2.24) is 0 Å². The zero-order chi connectivity index (χ0) is 21.3. The van der Waals surface area contributed by atoms with Gasteiger partial charge in [-0.2, -0.15) is 3.89 Å². The van der Waals surface area contributed by atoms with Gasteiger partial charge in [-0.25, -0.2) is 0 Å². The zero-order valence-electron chi connectivity index (χ0n) is 16.7. The quantitative estimate of drug-likeness (QED) is 0.442. The number of rotatable bonds is 9. The Bertz CT molecular complexity index is 984. The van der Waals surface area contributed by atoms with Gasteiger partial charge in [0.25, 0.3) is 0 Å². The van der Waals surface area contributed by atoms with Crippen molar-refractivity contribution in [3.63, 3.8) is 0 Å². The first-order valence-electron chi connectivity index (χ1n) is 9.23. The number of ether oxygens (including phenoxy) is 3. The summed E-state index contributed by atoms with van der Waals surface area (Å²) >= 11 is -0.0172. The molecule has 3 aromatic carbocycles. The summed E-state index contributed by atoms with van der Waals surface area (Å²) in [6.45, 7) is 0.162. The Hall–Kier alpha value is -3.19. The molecule has 0 unspecified atom stereocenters. The number of nitrogens with zero attached hydrogens (tertiary/aromatic N) is 1. The fourth-order valence-corrected chi connectivity index (χ4v) is 3.24. The van der Waals surface area contributed by atoms with Crippen LogP contribution in [-0.2, 0) is 11.3 Å². The smallest absolute Gasteiger partial charge is 0.240 e. The van der Waals surface area contributed by atoms with Crippen LogP contribution in [0.4, 0.5) is 9.57 Å². The van der Waals surface area contributed by atoms with Crippen molar-refractivity contribution in [1.29, 1.82) is 0 Å². The van der Waals surface area contributed by atoms with Gasteiger partial charge in [-0.05, 0) is 42.5 Å². The van der Waals surface area contributed by atoms with Crippen LogP contribution in [0.5, 0.6) is 23.0 Å². The molecule has 0 saturated heterocycles. The molecule has 0 radical (unpaired) electrons.